The second kappa shape index (κ2) is 7.38. The molecule has 0 atom stereocenters. The highest BCUT2D eigenvalue weighted by atomic mass is 15.0. The lowest BCUT2D eigenvalue weighted by atomic mass is 10.2. The van der Waals surface area contributed by atoms with Gasteiger partial charge in [-0.2, -0.15) is 0 Å². The molecule has 0 aliphatic heterocycles. The number of hydrogen-bond donors (Lipinski definition) is 2. The van der Waals surface area contributed by atoms with Crippen LogP contribution in [0.25, 0.3) is 0 Å². The first-order chi connectivity index (χ1) is 8.63. The predicted molar refractivity (Wildman–Crippen MR) is 78.7 cm³/mol. The molecule has 0 bridgehead atoms. The van der Waals surface area contributed by atoms with E-state index in [0.717, 1.165) is 30.1 Å². The van der Waals surface area contributed by atoms with Gasteiger partial charge in [0, 0.05) is 12.2 Å². The SMILES string of the molecule is C=C(NCc1ccccc1)C(=C)N/C(C)=C/CC. The van der Waals surface area contributed by atoms with Crippen LogP contribution in [0.2, 0.25) is 0 Å². The van der Waals surface area contributed by atoms with Crippen LogP contribution in [0.1, 0.15) is 25.8 Å². The van der Waals surface area contributed by atoms with Gasteiger partial charge in [0.15, 0.2) is 0 Å². The molecule has 0 unspecified atom stereocenters. The van der Waals surface area contributed by atoms with Crippen LogP contribution < -0.4 is 10.6 Å². The fraction of sp³-hybridized carbons (Fsp3) is 0.250. The zero-order valence-electron chi connectivity index (χ0n) is 11.3. The second-order valence-electron chi connectivity index (χ2n) is 4.22. The van der Waals surface area contributed by atoms with Gasteiger partial charge in [0.2, 0.25) is 0 Å². The van der Waals surface area contributed by atoms with Crippen molar-refractivity contribution < 1.29 is 0 Å². The van der Waals surface area contributed by atoms with Gasteiger partial charge in [0.1, 0.15) is 0 Å². The first-order valence-corrected chi connectivity index (χ1v) is 6.23. The van der Waals surface area contributed by atoms with E-state index in [1.165, 1.54) is 5.56 Å². The molecule has 96 valence electrons. The summed E-state index contributed by atoms with van der Waals surface area (Å²) in [6.45, 7) is 12.9. The topological polar surface area (TPSA) is 24.1 Å². The Morgan fingerprint density at radius 3 is 2.44 bits per heavy atom. The van der Waals surface area contributed by atoms with Gasteiger partial charge in [0.25, 0.3) is 0 Å². The van der Waals surface area contributed by atoms with E-state index < -0.39 is 0 Å². The fourth-order valence-electron chi connectivity index (χ4n) is 1.58. The fourth-order valence-corrected chi connectivity index (χ4v) is 1.58. The molecule has 1 aromatic carbocycles. The molecule has 0 aliphatic rings. The summed E-state index contributed by atoms with van der Waals surface area (Å²) in [5.41, 5.74) is 3.97. The number of hydrogen-bond acceptors (Lipinski definition) is 2. The van der Waals surface area contributed by atoms with Crippen LogP contribution in [-0.4, -0.2) is 0 Å². The van der Waals surface area contributed by atoms with E-state index in [2.05, 4.69) is 48.9 Å². The molecule has 2 nitrogen and oxygen atoms in total. The third-order valence-electron chi connectivity index (χ3n) is 2.57. The lowest BCUT2D eigenvalue weighted by molar-refractivity contribution is 0.796. The lowest BCUT2D eigenvalue weighted by Crippen LogP contribution is -2.20. The van der Waals surface area contributed by atoms with Crippen LogP contribution >= 0.6 is 0 Å². The Kier molecular flexibility index (Phi) is 5.78. The molecule has 1 aromatic rings. The standard InChI is InChI=1S/C16H22N2/c1-5-9-13(2)18-15(4)14(3)17-12-16-10-7-6-8-11-16/h6-11,17-18H,3-5,12H2,1-2H3/b13-9+. The summed E-state index contributed by atoms with van der Waals surface area (Å²) in [7, 11) is 0. The molecule has 0 heterocycles. The van der Waals surface area contributed by atoms with Gasteiger partial charge in [-0.1, -0.05) is 56.5 Å². The van der Waals surface area contributed by atoms with Crippen molar-refractivity contribution in [2.24, 2.45) is 0 Å². The highest BCUT2D eigenvalue weighted by molar-refractivity contribution is 5.26. The molecular formula is C16H22N2. The van der Waals surface area contributed by atoms with Gasteiger partial charge in [0.05, 0.1) is 11.4 Å². The summed E-state index contributed by atoms with van der Waals surface area (Å²) in [5.74, 6) is 0. The first-order valence-electron chi connectivity index (χ1n) is 6.23. The van der Waals surface area contributed by atoms with Crippen molar-refractivity contribution in [3.8, 4) is 0 Å². The predicted octanol–water partition coefficient (Wildman–Crippen LogP) is 3.71. The Bertz CT molecular complexity index is 430. The van der Waals surface area contributed by atoms with Crippen molar-refractivity contribution in [2.75, 3.05) is 0 Å². The summed E-state index contributed by atoms with van der Waals surface area (Å²) in [5, 5.41) is 6.48. The van der Waals surface area contributed by atoms with Crippen LogP contribution in [0.5, 0.6) is 0 Å². The maximum absolute atomic E-state index is 3.98. The van der Waals surface area contributed by atoms with Crippen molar-refractivity contribution in [2.45, 2.75) is 26.8 Å². The summed E-state index contributed by atoms with van der Waals surface area (Å²) in [6.07, 6.45) is 3.13. The summed E-state index contributed by atoms with van der Waals surface area (Å²) in [4.78, 5) is 0. The highest BCUT2D eigenvalue weighted by Crippen LogP contribution is 2.04. The van der Waals surface area contributed by atoms with Crippen molar-refractivity contribution in [1.29, 1.82) is 0 Å². The molecule has 0 saturated carbocycles. The Labute approximate surface area is 110 Å². The van der Waals surface area contributed by atoms with E-state index in [-0.39, 0.29) is 0 Å². The molecule has 18 heavy (non-hydrogen) atoms. The van der Waals surface area contributed by atoms with Gasteiger partial charge in [-0.05, 0) is 18.9 Å². The lowest BCUT2D eigenvalue weighted by Gasteiger charge is -2.14. The van der Waals surface area contributed by atoms with E-state index in [9.17, 15) is 0 Å². The van der Waals surface area contributed by atoms with Crippen LogP contribution in [0.15, 0.2) is 66.7 Å². The highest BCUT2D eigenvalue weighted by Gasteiger charge is 2.00. The average Bonchev–Trinajstić information content (AvgIpc) is 2.37. The summed E-state index contributed by atoms with van der Waals surface area (Å²) < 4.78 is 0. The zero-order chi connectivity index (χ0) is 13.4. The first kappa shape index (κ1) is 14.1. The third kappa shape index (κ3) is 4.91. The molecule has 0 spiro atoms. The monoisotopic (exact) mass is 242 g/mol. The Hall–Kier alpha value is -1.96. The van der Waals surface area contributed by atoms with Crippen LogP contribution in [0.3, 0.4) is 0 Å². The number of rotatable bonds is 7. The normalized spacial score (nSPS) is 10.9. The molecule has 0 aliphatic carbocycles. The second-order valence-corrected chi connectivity index (χ2v) is 4.22. The zero-order valence-corrected chi connectivity index (χ0v) is 11.3. The Morgan fingerprint density at radius 2 is 1.83 bits per heavy atom. The average molecular weight is 242 g/mol. The van der Waals surface area contributed by atoms with Crippen molar-refractivity contribution in [1.82, 2.24) is 10.6 Å². The van der Waals surface area contributed by atoms with Crippen LogP contribution in [0.4, 0.5) is 0 Å². The maximum atomic E-state index is 3.98. The van der Waals surface area contributed by atoms with Crippen LogP contribution in [-0.2, 0) is 6.54 Å². The maximum Gasteiger partial charge on any atom is 0.0538 e. The third-order valence-corrected chi connectivity index (χ3v) is 2.57. The van der Waals surface area contributed by atoms with E-state index in [1.807, 2.05) is 25.1 Å². The summed E-state index contributed by atoms with van der Waals surface area (Å²) >= 11 is 0. The molecule has 2 N–H and O–H groups in total. The van der Waals surface area contributed by atoms with Crippen molar-refractivity contribution in [3.63, 3.8) is 0 Å². The molecule has 0 fully saturated rings. The van der Waals surface area contributed by atoms with Crippen LogP contribution in [0, 0.1) is 0 Å². The molecular weight excluding hydrogens is 220 g/mol. The number of benzene rings is 1. The Balaban J connectivity index is 2.41. The number of nitrogens with one attached hydrogen (secondary N) is 2. The summed E-state index contributed by atoms with van der Waals surface area (Å²) in [6, 6.07) is 10.2. The Morgan fingerprint density at radius 1 is 1.17 bits per heavy atom. The van der Waals surface area contributed by atoms with Gasteiger partial charge in [-0.25, -0.2) is 0 Å². The van der Waals surface area contributed by atoms with E-state index >= 15 is 0 Å². The van der Waals surface area contributed by atoms with E-state index in [1.54, 1.807) is 0 Å². The molecule has 0 aromatic heterocycles. The minimum absolute atomic E-state index is 0.761. The molecule has 0 amide bonds. The van der Waals surface area contributed by atoms with Gasteiger partial charge < -0.3 is 10.6 Å². The van der Waals surface area contributed by atoms with Gasteiger partial charge >= 0.3 is 0 Å². The van der Waals surface area contributed by atoms with E-state index in [4.69, 9.17) is 0 Å². The molecule has 1 rings (SSSR count). The minimum atomic E-state index is 0.761. The quantitative estimate of drug-likeness (QED) is 0.712. The smallest absolute Gasteiger partial charge is 0.0538 e. The molecule has 0 saturated heterocycles. The molecule has 2 heteroatoms. The molecule has 0 radical (unpaired) electrons. The van der Waals surface area contributed by atoms with E-state index in [0.29, 0.717) is 0 Å². The minimum Gasteiger partial charge on any atom is -0.380 e. The van der Waals surface area contributed by atoms with Crippen molar-refractivity contribution >= 4 is 0 Å². The van der Waals surface area contributed by atoms with Crippen molar-refractivity contribution in [3.05, 3.63) is 72.2 Å². The number of allylic oxidation sites excluding steroid dienone is 2. The van der Waals surface area contributed by atoms with Gasteiger partial charge in [-0.3, -0.25) is 0 Å². The van der Waals surface area contributed by atoms with Gasteiger partial charge in [-0.15, -0.1) is 0 Å². The largest absolute Gasteiger partial charge is 0.380 e.